The van der Waals surface area contributed by atoms with Crippen molar-refractivity contribution in [3.63, 3.8) is 0 Å². The van der Waals surface area contributed by atoms with Crippen LogP contribution in [-0.2, 0) is 14.8 Å². The van der Waals surface area contributed by atoms with Crippen molar-refractivity contribution in [2.45, 2.75) is 24.3 Å². The highest BCUT2D eigenvalue weighted by Crippen LogP contribution is 2.27. The lowest BCUT2D eigenvalue weighted by atomic mass is 9.96. The minimum absolute atomic E-state index is 0.0265. The number of hydrogen-bond acceptors (Lipinski definition) is 4. The highest BCUT2D eigenvalue weighted by Gasteiger charge is 2.38. The average molecular weight is 334 g/mol. The molecule has 1 aliphatic rings. The lowest BCUT2D eigenvalue weighted by Crippen LogP contribution is -2.48. The second-order valence-corrected chi connectivity index (χ2v) is 7.42. The van der Waals surface area contributed by atoms with Crippen molar-refractivity contribution in [1.29, 1.82) is 0 Å². The Hall–Kier alpha value is -1.15. The van der Waals surface area contributed by atoms with Gasteiger partial charge in [-0.1, -0.05) is 17.7 Å². The number of aliphatic hydroxyl groups excluding tert-OH is 1. The number of piperidine rings is 1. The predicted molar refractivity (Wildman–Crippen MR) is 76.7 cm³/mol. The number of hydrogen-bond donors (Lipinski definition) is 2. The number of benzene rings is 1. The molecule has 0 saturated carbocycles. The molecule has 116 valence electrons. The van der Waals surface area contributed by atoms with Gasteiger partial charge in [-0.15, -0.1) is 0 Å². The Morgan fingerprint density at radius 3 is 2.67 bits per heavy atom. The van der Waals surface area contributed by atoms with E-state index in [0.717, 1.165) is 9.87 Å². The molecule has 1 aliphatic heterocycles. The van der Waals surface area contributed by atoms with Crippen LogP contribution >= 0.6 is 11.6 Å². The maximum atomic E-state index is 12.5. The molecule has 0 aromatic heterocycles. The molecule has 0 radical (unpaired) electrons. The Bertz CT molecular complexity index is 661. The van der Waals surface area contributed by atoms with Crippen LogP contribution in [0.25, 0.3) is 0 Å². The fraction of sp³-hybridized carbons (Fsp3) is 0.462. The van der Waals surface area contributed by atoms with Gasteiger partial charge in [0.2, 0.25) is 10.0 Å². The lowest BCUT2D eigenvalue weighted by Gasteiger charge is -2.33. The van der Waals surface area contributed by atoms with Crippen LogP contribution in [-0.4, -0.2) is 48.1 Å². The smallest absolute Gasteiger partial charge is 0.310 e. The van der Waals surface area contributed by atoms with Crippen LogP contribution in [0.2, 0.25) is 5.02 Å². The number of carbonyl (C=O) groups is 1. The molecule has 1 aromatic carbocycles. The van der Waals surface area contributed by atoms with E-state index in [9.17, 15) is 18.3 Å². The van der Waals surface area contributed by atoms with Crippen LogP contribution < -0.4 is 0 Å². The fourth-order valence-corrected chi connectivity index (χ4v) is 4.01. The summed E-state index contributed by atoms with van der Waals surface area (Å²) < 4.78 is 26.1. The van der Waals surface area contributed by atoms with E-state index in [1.807, 2.05) is 0 Å². The number of halogens is 1. The van der Waals surface area contributed by atoms with Crippen molar-refractivity contribution < 1.29 is 23.4 Å². The van der Waals surface area contributed by atoms with Crippen molar-refractivity contribution in [1.82, 2.24) is 4.31 Å². The molecule has 6 nitrogen and oxygen atoms in total. The van der Waals surface area contributed by atoms with Crippen LogP contribution in [0.5, 0.6) is 0 Å². The lowest BCUT2D eigenvalue weighted by molar-refractivity contribution is -0.147. The zero-order chi connectivity index (χ0) is 15.8. The first kappa shape index (κ1) is 16.2. The summed E-state index contributed by atoms with van der Waals surface area (Å²) in [5.41, 5.74) is 0.757. The molecule has 1 aromatic rings. The van der Waals surface area contributed by atoms with E-state index < -0.39 is 28.0 Å². The van der Waals surface area contributed by atoms with Crippen LogP contribution in [0.3, 0.4) is 0 Å². The van der Waals surface area contributed by atoms with Gasteiger partial charge in [0.1, 0.15) is 0 Å². The van der Waals surface area contributed by atoms with Gasteiger partial charge in [0.15, 0.2) is 0 Å². The first-order chi connectivity index (χ1) is 9.73. The van der Waals surface area contributed by atoms with Crippen molar-refractivity contribution in [3.05, 3.63) is 28.8 Å². The third kappa shape index (κ3) is 3.21. The molecule has 0 spiro atoms. The quantitative estimate of drug-likeness (QED) is 0.863. The van der Waals surface area contributed by atoms with Gasteiger partial charge in [0.25, 0.3) is 0 Å². The molecule has 21 heavy (non-hydrogen) atoms. The highest BCUT2D eigenvalue weighted by atomic mass is 35.5. The number of aliphatic carboxylic acids is 1. The predicted octanol–water partition coefficient (Wildman–Crippen LogP) is 1.10. The van der Waals surface area contributed by atoms with E-state index >= 15 is 0 Å². The van der Waals surface area contributed by atoms with Crippen LogP contribution in [0.4, 0.5) is 0 Å². The SMILES string of the molecule is Cc1ccc(S(=O)(=O)N2CC[C@@H](O)[C@@H](C(=O)O)C2)cc1Cl. The van der Waals surface area contributed by atoms with Gasteiger partial charge in [-0.25, -0.2) is 8.42 Å². The molecule has 2 N–H and O–H groups in total. The van der Waals surface area contributed by atoms with Gasteiger partial charge in [0.05, 0.1) is 16.9 Å². The number of sulfonamides is 1. The summed E-state index contributed by atoms with van der Waals surface area (Å²) in [6, 6.07) is 4.40. The van der Waals surface area contributed by atoms with Crippen molar-refractivity contribution in [3.8, 4) is 0 Å². The molecule has 2 atom stereocenters. The minimum atomic E-state index is -3.82. The largest absolute Gasteiger partial charge is 0.481 e. The summed E-state index contributed by atoms with van der Waals surface area (Å²) >= 11 is 5.94. The Kier molecular flexibility index (Phi) is 4.57. The zero-order valence-corrected chi connectivity index (χ0v) is 12.9. The van der Waals surface area contributed by atoms with Crippen molar-refractivity contribution in [2.75, 3.05) is 13.1 Å². The summed E-state index contributed by atoms with van der Waals surface area (Å²) in [7, 11) is -3.82. The number of rotatable bonds is 3. The summed E-state index contributed by atoms with van der Waals surface area (Å²) in [4.78, 5) is 11.1. The number of carboxylic acids is 1. The molecular weight excluding hydrogens is 318 g/mol. The van der Waals surface area contributed by atoms with Gasteiger partial charge < -0.3 is 10.2 Å². The van der Waals surface area contributed by atoms with E-state index in [1.165, 1.54) is 12.1 Å². The Morgan fingerprint density at radius 1 is 1.43 bits per heavy atom. The highest BCUT2D eigenvalue weighted by molar-refractivity contribution is 7.89. The average Bonchev–Trinajstić information content (AvgIpc) is 2.41. The zero-order valence-electron chi connectivity index (χ0n) is 11.4. The molecule has 0 unspecified atom stereocenters. The molecule has 8 heteroatoms. The molecule has 1 heterocycles. The van der Waals surface area contributed by atoms with E-state index in [0.29, 0.717) is 5.02 Å². The van der Waals surface area contributed by atoms with Crippen LogP contribution in [0.1, 0.15) is 12.0 Å². The summed E-state index contributed by atoms with van der Waals surface area (Å²) in [6.45, 7) is 1.60. The molecular formula is C13H16ClNO5S. The van der Waals surface area contributed by atoms with Gasteiger partial charge in [-0.05, 0) is 31.0 Å². The normalized spacial score (nSPS) is 24.0. The van der Waals surface area contributed by atoms with Crippen LogP contribution in [0.15, 0.2) is 23.1 Å². The second kappa shape index (κ2) is 5.92. The Morgan fingerprint density at radius 2 is 2.10 bits per heavy atom. The van der Waals surface area contributed by atoms with E-state index in [2.05, 4.69) is 0 Å². The standard InChI is InChI=1S/C13H16ClNO5S/c1-8-2-3-9(6-11(8)14)21(19,20)15-5-4-12(16)10(7-15)13(17)18/h2-3,6,10,12,16H,4-5,7H2,1H3,(H,17,18)/t10-,12+/m0/s1. The number of aliphatic hydroxyl groups is 1. The number of carboxylic acid groups (broad SMARTS) is 1. The first-order valence-corrected chi connectivity index (χ1v) is 8.22. The summed E-state index contributed by atoms with van der Waals surface area (Å²) in [5, 5.41) is 19.0. The molecule has 0 aliphatic carbocycles. The Labute approximate surface area is 128 Å². The maximum absolute atomic E-state index is 12.5. The van der Waals surface area contributed by atoms with Gasteiger partial charge >= 0.3 is 5.97 Å². The fourth-order valence-electron chi connectivity index (χ4n) is 2.25. The first-order valence-electron chi connectivity index (χ1n) is 6.40. The van der Waals surface area contributed by atoms with Gasteiger partial charge in [-0.2, -0.15) is 4.31 Å². The number of aryl methyl sites for hydroxylation is 1. The maximum Gasteiger partial charge on any atom is 0.310 e. The van der Waals surface area contributed by atoms with Crippen molar-refractivity contribution >= 4 is 27.6 Å². The van der Waals surface area contributed by atoms with E-state index in [-0.39, 0.29) is 24.4 Å². The Balaban J connectivity index is 2.31. The van der Waals surface area contributed by atoms with E-state index in [4.69, 9.17) is 16.7 Å². The van der Waals surface area contributed by atoms with Crippen LogP contribution in [0, 0.1) is 12.8 Å². The van der Waals surface area contributed by atoms with Gasteiger partial charge in [0, 0.05) is 18.1 Å². The summed E-state index contributed by atoms with van der Waals surface area (Å²) in [6.07, 6.45) is -0.939. The molecule has 1 saturated heterocycles. The molecule has 0 amide bonds. The summed E-state index contributed by atoms with van der Waals surface area (Å²) in [5.74, 6) is -2.32. The monoisotopic (exact) mass is 333 g/mol. The second-order valence-electron chi connectivity index (χ2n) is 5.07. The third-order valence-electron chi connectivity index (χ3n) is 3.64. The number of nitrogens with zero attached hydrogens (tertiary/aromatic N) is 1. The molecule has 2 rings (SSSR count). The minimum Gasteiger partial charge on any atom is -0.481 e. The molecule has 0 bridgehead atoms. The van der Waals surface area contributed by atoms with Gasteiger partial charge in [-0.3, -0.25) is 4.79 Å². The molecule has 1 fully saturated rings. The topological polar surface area (TPSA) is 94.9 Å². The third-order valence-corrected chi connectivity index (χ3v) is 5.91. The van der Waals surface area contributed by atoms with E-state index in [1.54, 1.807) is 13.0 Å². The van der Waals surface area contributed by atoms with Crippen molar-refractivity contribution in [2.24, 2.45) is 5.92 Å².